The van der Waals surface area contributed by atoms with Gasteiger partial charge in [0.05, 0.1) is 6.04 Å². The van der Waals surface area contributed by atoms with E-state index < -0.39 is 0 Å². The lowest BCUT2D eigenvalue weighted by molar-refractivity contribution is 0.884. The highest BCUT2D eigenvalue weighted by molar-refractivity contribution is 14.1. The van der Waals surface area contributed by atoms with Gasteiger partial charge in [-0.1, -0.05) is 35.3 Å². The first kappa shape index (κ1) is 14.0. The van der Waals surface area contributed by atoms with Crippen LogP contribution in [0.1, 0.15) is 18.5 Å². The third-order valence-corrected chi connectivity index (χ3v) is 4.19. The van der Waals surface area contributed by atoms with Gasteiger partial charge in [-0.25, -0.2) is 0 Å². The van der Waals surface area contributed by atoms with Crippen LogP contribution in [0, 0.1) is 3.57 Å². The van der Waals surface area contributed by atoms with Crippen molar-refractivity contribution in [1.82, 2.24) is 0 Å². The van der Waals surface area contributed by atoms with Gasteiger partial charge in [-0.15, -0.1) is 0 Å². The zero-order valence-electron chi connectivity index (χ0n) is 9.75. The number of benzene rings is 2. The van der Waals surface area contributed by atoms with Gasteiger partial charge in [0.2, 0.25) is 0 Å². The molecule has 1 atom stereocenters. The molecule has 0 aromatic heterocycles. The Hall–Kier alpha value is -0.450. The smallest absolute Gasteiger partial charge is 0.0501 e. The van der Waals surface area contributed by atoms with Crippen LogP contribution in [0.2, 0.25) is 10.0 Å². The van der Waals surface area contributed by atoms with Crippen LogP contribution in [-0.2, 0) is 0 Å². The lowest BCUT2D eigenvalue weighted by Gasteiger charge is -2.18. The molecule has 0 saturated carbocycles. The van der Waals surface area contributed by atoms with E-state index in [4.69, 9.17) is 23.2 Å². The molecule has 0 fully saturated rings. The van der Waals surface area contributed by atoms with Crippen molar-refractivity contribution in [1.29, 1.82) is 0 Å². The molecule has 1 unspecified atom stereocenters. The fourth-order valence-electron chi connectivity index (χ4n) is 1.74. The Balaban J connectivity index is 2.25. The molecule has 4 heteroatoms. The minimum Gasteiger partial charge on any atom is -0.378 e. The minimum atomic E-state index is 0.104. The van der Waals surface area contributed by atoms with E-state index in [0.29, 0.717) is 5.02 Å². The molecule has 0 amide bonds. The van der Waals surface area contributed by atoms with Crippen molar-refractivity contribution in [3.8, 4) is 0 Å². The maximum atomic E-state index is 6.20. The summed E-state index contributed by atoms with van der Waals surface area (Å²) in [5, 5.41) is 4.87. The quantitative estimate of drug-likeness (QED) is 0.654. The number of rotatable bonds is 3. The first-order chi connectivity index (χ1) is 8.58. The largest absolute Gasteiger partial charge is 0.378 e. The molecule has 0 bridgehead atoms. The first-order valence-electron chi connectivity index (χ1n) is 5.54. The van der Waals surface area contributed by atoms with Crippen LogP contribution in [-0.4, -0.2) is 0 Å². The minimum absolute atomic E-state index is 0.104. The Morgan fingerprint density at radius 2 is 1.83 bits per heavy atom. The summed E-state index contributed by atoms with van der Waals surface area (Å²) in [6.07, 6.45) is 0. The maximum Gasteiger partial charge on any atom is 0.0501 e. The first-order valence-corrected chi connectivity index (χ1v) is 7.37. The number of halogens is 3. The van der Waals surface area contributed by atoms with Crippen molar-refractivity contribution in [3.05, 3.63) is 61.6 Å². The summed E-state index contributed by atoms with van der Waals surface area (Å²) in [7, 11) is 0. The molecule has 0 spiro atoms. The Labute approximate surface area is 131 Å². The third kappa shape index (κ3) is 3.31. The van der Waals surface area contributed by atoms with Gasteiger partial charge in [0.25, 0.3) is 0 Å². The van der Waals surface area contributed by atoms with E-state index in [1.165, 1.54) is 3.57 Å². The van der Waals surface area contributed by atoms with Crippen molar-refractivity contribution in [2.45, 2.75) is 13.0 Å². The van der Waals surface area contributed by atoms with E-state index in [1.54, 1.807) is 6.07 Å². The molecule has 0 aliphatic heterocycles. The molecule has 0 heterocycles. The van der Waals surface area contributed by atoms with Gasteiger partial charge in [0.1, 0.15) is 0 Å². The molecular weight excluding hydrogens is 380 g/mol. The highest BCUT2D eigenvalue weighted by atomic mass is 127. The Bertz CT molecular complexity index is 557. The number of nitrogens with one attached hydrogen (secondary N) is 1. The van der Waals surface area contributed by atoms with Crippen LogP contribution in [0.25, 0.3) is 0 Å². The summed E-state index contributed by atoms with van der Waals surface area (Å²) in [5.74, 6) is 0. The highest BCUT2D eigenvalue weighted by Gasteiger charge is 2.11. The second kappa shape index (κ2) is 6.13. The topological polar surface area (TPSA) is 12.0 Å². The zero-order valence-corrected chi connectivity index (χ0v) is 13.4. The van der Waals surface area contributed by atoms with Gasteiger partial charge in [0, 0.05) is 19.3 Å². The molecule has 0 aliphatic rings. The van der Waals surface area contributed by atoms with Crippen molar-refractivity contribution in [2.24, 2.45) is 0 Å². The molecule has 0 saturated heterocycles. The molecule has 1 nitrogen and oxygen atoms in total. The van der Waals surface area contributed by atoms with Gasteiger partial charge in [-0.2, -0.15) is 0 Å². The molecule has 2 aromatic carbocycles. The van der Waals surface area contributed by atoms with E-state index in [0.717, 1.165) is 16.3 Å². The molecule has 94 valence electrons. The van der Waals surface area contributed by atoms with Crippen LogP contribution < -0.4 is 5.32 Å². The molecule has 0 aliphatic carbocycles. The number of hydrogen-bond acceptors (Lipinski definition) is 1. The predicted octanol–water partition coefficient (Wildman–Crippen LogP) is 5.77. The molecule has 1 N–H and O–H groups in total. The lowest BCUT2D eigenvalue weighted by atomic mass is 10.1. The molecule has 2 rings (SSSR count). The van der Waals surface area contributed by atoms with Crippen LogP contribution >= 0.6 is 45.8 Å². The highest BCUT2D eigenvalue weighted by Crippen LogP contribution is 2.29. The summed E-state index contributed by atoms with van der Waals surface area (Å²) in [4.78, 5) is 0. The monoisotopic (exact) mass is 391 g/mol. The van der Waals surface area contributed by atoms with E-state index in [9.17, 15) is 0 Å². The van der Waals surface area contributed by atoms with Crippen LogP contribution in [0.3, 0.4) is 0 Å². The number of para-hydroxylation sites is 1. The fourth-order valence-corrected chi connectivity index (χ4v) is 2.74. The van der Waals surface area contributed by atoms with Gasteiger partial charge in [-0.3, -0.25) is 0 Å². The normalized spacial score (nSPS) is 12.2. The van der Waals surface area contributed by atoms with Crippen LogP contribution in [0.15, 0.2) is 42.5 Å². The number of anilines is 1. The van der Waals surface area contributed by atoms with Crippen molar-refractivity contribution in [3.63, 3.8) is 0 Å². The number of hydrogen-bond donors (Lipinski definition) is 1. The van der Waals surface area contributed by atoms with Gasteiger partial charge in [0.15, 0.2) is 0 Å². The van der Waals surface area contributed by atoms with Crippen molar-refractivity contribution < 1.29 is 0 Å². The third-order valence-electron chi connectivity index (χ3n) is 2.67. The zero-order chi connectivity index (χ0) is 13.1. The van der Waals surface area contributed by atoms with Crippen LogP contribution in [0.4, 0.5) is 5.69 Å². The van der Waals surface area contributed by atoms with E-state index in [2.05, 4.69) is 47.0 Å². The average Bonchev–Trinajstić information content (AvgIpc) is 2.35. The summed E-state index contributed by atoms with van der Waals surface area (Å²) < 4.78 is 1.18. The maximum absolute atomic E-state index is 6.20. The summed E-state index contributed by atoms with van der Waals surface area (Å²) in [6, 6.07) is 13.8. The molecule has 0 radical (unpaired) electrons. The van der Waals surface area contributed by atoms with Crippen molar-refractivity contribution >= 4 is 51.5 Å². The summed E-state index contributed by atoms with van der Waals surface area (Å²) >= 11 is 14.5. The molecule has 18 heavy (non-hydrogen) atoms. The van der Waals surface area contributed by atoms with E-state index >= 15 is 0 Å². The fraction of sp³-hybridized carbons (Fsp3) is 0.143. The van der Waals surface area contributed by atoms with Crippen molar-refractivity contribution in [2.75, 3.05) is 5.32 Å². The Kier molecular flexibility index (Phi) is 4.76. The van der Waals surface area contributed by atoms with Gasteiger partial charge >= 0.3 is 0 Å². The Morgan fingerprint density at radius 1 is 1.11 bits per heavy atom. The summed E-state index contributed by atoms with van der Waals surface area (Å²) in [6.45, 7) is 2.07. The Morgan fingerprint density at radius 3 is 2.56 bits per heavy atom. The van der Waals surface area contributed by atoms with Crippen LogP contribution in [0.5, 0.6) is 0 Å². The molecule has 2 aromatic rings. The van der Waals surface area contributed by atoms with E-state index in [-0.39, 0.29) is 6.04 Å². The SMILES string of the molecule is CC(Nc1ccccc1I)c1cc(Cl)ccc1Cl. The van der Waals surface area contributed by atoms with E-state index in [1.807, 2.05) is 24.3 Å². The standard InChI is InChI=1S/C14H12Cl2IN/c1-9(11-8-10(15)6-7-12(11)16)18-14-5-3-2-4-13(14)17/h2-9,18H,1H3. The summed E-state index contributed by atoms with van der Waals surface area (Å²) in [5.41, 5.74) is 2.10. The second-order valence-corrected chi connectivity index (χ2v) is 6.02. The lowest BCUT2D eigenvalue weighted by Crippen LogP contribution is -2.08. The van der Waals surface area contributed by atoms with Gasteiger partial charge in [-0.05, 0) is 65.4 Å². The molecular formula is C14H12Cl2IN. The predicted molar refractivity (Wildman–Crippen MR) is 87.7 cm³/mol. The average molecular weight is 392 g/mol. The van der Waals surface area contributed by atoms with Gasteiger partial charge < -0.3 is 5.32 Å². The second-order valence-electron chi connectivity index (χ2n) is 4.01.